The number of hydrogen-bond donors (Lipinski definition) is 0. The van der Waals surface area contributed by atoms with Crippen molar-refractivity contribution in [2.24, 2.45) is 7.05 Å². The quantitative estimate of drug-likeness (QED) is 0.580. The van der Waals surface area contributed by atoms with Gasteiger partial charge in [0.1, 0.15) is 7.05 Å². The third-order valence-electron chi connectivity index (χ3n) is 4.37. The Bertz CT molecular complexity index is 858. The van der Waals surface area contributed by atoms with Crippen LogP contribution in [0, 0.1) is 6.92 Å². The standard InChI is InChI=1S/C22H24N/c1-16(2)18-9-11-19(12-10-18)20-13-14-23(4)22(15-20)21-8-6-5-7-17(21)3/h5-16H,1-4H3/q+1/i16D. The molecule has 0 aliphatic carbocycles. The van der Waals surface area contributed by atoms with E-state index in [2.05, 4.69) is 85.4 Å². The van der Waals surface area contributed by atoms with Crippen molar-refractivity contribution < 1.29 is 5.94 Å². The van der Waals surface area contributed by atoms with Crippen LogP contribution >= 0.6 is 0 Å². The lowest BCUT2D eigenvalue weighted by molar-refractivity contribution is -0.660. The van der Waals surface area contributed by atoms with E-state index in [-0.39, 0.29) is 0 Å². The van der Waals surface area contributed by atoms with Crippen molar-refractivity contribution in [1.29, 1.82) is 0 Å². The zero-order valence-corrected chi connectivity index (χ0v) is 14.3. The van der Waals surface area contributed by atoms with Gasteiger partial charge < -0.3 is 0 Å². The monoisotopic (exact) mass is 303 g/mol. The topological polar surface area (TPSA) is 3.88 Å². The molecule has 0 spiro atoms. The van der Waals surface area contributed by atoms with E-state index in [0.717, 1.165) is 5.56 Å². The second-order valence-corrected chi connectivity index (χ2v) is 6.30. The largest absolute Gasteiger partial charge is 0.213 e. The predicted molar refractivity (Wildman–Crippen MR) is 97.3 cm³/mol. The van der Waals surface area contributed by atoms with Crippen molar-refractivity contribution in [3.8, 4) is 22.4 Å². The molecular formula is C22H24N+. The second-order valence-electron chi connectivity index (χ2n) is 6.30. The molecule has 2 aromatic carbocycles. The first-order chi connectivity index (χ1) is 11.4. The van der Waals surface area contributed by atoms with E-state index in [0.29, 0.717) is 0 Å². The summed E-state index contributed by atoms with van der Waals surface area (Å²) in [4.78, 5) is 0. The number of hydrogen-bond acceptors (Lipinski definition) is 0. The number of nitrogens with zero attached hydrogens (tertiary/aromatic N) is 1. The van der Waals surface area contributed by atoms with Crippen molar-refractivity contribution in [1.82, 2.24) is 0 Å². The van der Waals surface area contributed by atoms with E-state index in [1.807, 2.05) is 13.8 Å². The van der Waals surface area contributed by atoms with Crippen molar-refractivity contribution in [3.05, 3.63) is 78.0 Å². The minimum atomic E-state index is -0.562. The van der Waals surface area contributed by atoms with E-state index in [1.54, 1.807) is 0 Å². The molecule has 1 heteroatoms. The van der Waals surface area contributed by atoms with Crippen LogP contribution in [0.1, 0.15) is 32.2 Å². The first kappa shape index (κ1) is 14.2. The molecule has 0 aliphatic heterocycles. The third kappa shape index (κ3) is 3.19. The van der Waals surface area contributed by atoms with Gasteiger partial charge in [-0.2, -0.15) is 0 Å². The Hall–Kier alpha value is -2.41. The summed E-state index contributed by atoms with van der Waals surface area (Å²) >= 11 is 0. The average molecular weight is 303 g/mol. The smallest absolute Gasteiger partial charge is 0.201 e. The fraction of sp³-hybridized carbons (Fsp3) is 0.227. The molecule has 0 bridgehead atoms. The molecule has 1 nitrogen and oxygen atoms in total. The van der Waals surface area contributed by atoms with Crippen LogP contribution in [0.3, 0.4) is 0 Å². The molecule has 116 valence electrons. The number of aromatic nitrogens is 1. The second kappa shape index (κ2) is 6.37. The molecule has 0 aliphatic rings. The minimum Gasteiger partial charge on any atom is -0.201 e. The normalized spacial score (nSPS) is 12.1. The van der Waals surface area contributed by atoms with Gasteiger partial charge in [-0.05, 0) is 41.1 Å². The number of pyridine rings is 1. The molecule has 23 heavy (non-hydrogen) atoms. The van der Waals surface area contributed by atoms with E-state index >= 15 is 0 Å². The van der Waals surface area contributed by atoms with Crippen LogP contribution in [-0.2, 0) is 7.05 Å². The van der Waals surface area contributed by atoms with Crippen molar-refractivity contribution in [2.75, 3.05) is 0 Å². The van der Waals surface area contributed by atoms with Crippen LogP contribution < -0.4 is 4.57 Å². The highest BCUT2D eigenvalue weighted by molar-refractivity contribution is 5.70. The maximum atomic E-state index is 8.14. The predicted octanol–water partition coefficient (Wildman–Crippen LogP) is 5.28. The lowest BCUT2D eigenvalue weighted by Gasteiger charge is -2.09. The van der Waals surface area contributed by atoms with Crippen LogP contribution in [0.25, 0.3) is 22.4 Å². The van der Waals surface area contributed by atoms with Crippen molar-refractivity contribution in [2.45, 2.75) is 26.7 Å². The van der Waals surface area contributed by atoms with Gasteiger partial charge in [-0.25, -0.2) is 4.57 Å². The molecule has 1 heterocycles. The van der Waals surface area contributed by atoms with Crippen LogP contribution in [-0.4, -0.2) is 0 Å². The maximum Gasteiger partial charge on any atom is 0.213 e. The molecule has 0 amide bonds. The zero-order valence-electron chi connectivity index (χ0n) is 15.3. The molecule has 3 aromatic rings. The summed E-state index contributed by atoms with van der Waals surface area (Å²) in [7, 11) is 2.08. The molecule has 0 unspecified atom stereocenters. The summed E-state index contributed by atoms with van der Waals surface area (Å²) in [6.45, 7) is 5.98. The van der Waals surface area contributed by atoms with Gasteiger partial charge >= 0.3 is 0 Å². The highest BCUT2D eigenvalue weighted by Crippen LogP contribution is 2.26. The molecule has 0 N–H and O–H groups in total. The Balaban J connectivity index is 2.05. The van der Waals surface area contributed by atoms with E-state index in [1.165, 1.54) is 27.9 Å². The lowest BCUT2D eigenvalue weighted by atomic mass is 9.97. The van der Waals surface area contributed by atoms with Crippen molar-refractivity contribution in [3.63, 3.8) is 0 Å². The molecule has 0 saturated carbocycles. The fourth-order valence-corrected chi connectivity index (χ4v) is 2.87. The molecule has 0 radical (unpaired) electrons. The molecule has 0 atom stereocenters. The first-order valence-electron chi connectivity index (χ1n) is 8.53. The van der Waals surface area contributed by atoms with Crippen LogP contribution in [0.15, 0.2) is 66.9 Å². The van der Waals surface area contributed by atoms with Gasteiger partial charge in [0.05, 0.1) is 0 Å². The van der Waals surface area contributed by atoms with Gasteiger partial charge in [0.15, 0.2) is 6.20 Å². The zero-order chi connectivity index (χ0) is 17.3. The summed E-state index contributed by atoms with van der Waals surface area (Å²) in [5.74, 6) is -0.562. The molecule has 0 fully saturated rings. The molecular weight excluding hydrogens is 278 g/mol. The van der Waals surface area contributed by atoms with E-state index < -0.39 is 5.89 Å². The molecule has 0 saturated heterocycles. The maximum absolute atomic E-state index is 8.14. The Morgan fingerprint density at radius 1 is 0.913 bits per heavy atom. The number of benzene rings is 2. The molecule has 1 aromatic heterocycles. The Labute approximate surface area is 140 Å². The van der Waals surface area contributed by atoms with Crippen molar-refractivity contribution >= 4 is 0 Å². The first-order valence-corrected chi connectivity index (χ1v) is 8.03. The van der Waals surface area contributed by atoms with Gasteiger partial charge in [-0.1, -0.05) is 56.3 Å². The summed E-state index contributed by atoms with van der Waals surface area (Å²) in [6, 6.07) is 21.2. The lowest BCUT2D eigenvalue weighted by Crippen LogP contribution is -2.30. The SMILES string of the molecule is [2H]C(C)(C)c1ccc(-c2cc[n+](C)c(-c3ccccc3C)c2)cc1. The Kier molecular flexibility index (Phi) is 3.94. The Morgan fingerprint density at radius 2 is 1.61 bits per heavy atom. The number of aryl methyl sites for hydroxylation is 2. The van der Waals surface area contributed by atoms with E-state index in [9.17, 15) is 0 Å². The Morgan fingerprint density at radius 3 is 2.26 bits per heavy atom. The summed E-state index contributed by atoms with van der Waals surface area (Å²) in [5.41, 5.74) is 7.14. The van der Waals surface area contributed by atoms with Gasteiger partial charge in [0.2, 0.25) is 5.69 Å². The highest BCUT2D eigenvalue weighted by Gasteiger charge is 2.13. The summed E-state index contributed by atoms with van der Waals surface area (Å²) < 4.78 is 10.3. The number of rotatable bonds is 3. The van der Waals surface area contributed by atoms with Crippen LogP contribution in [0.4, 0.5) is 0 Å². The van der Waals surface area contributed by atoms with Gasteiger partial charge in [0.25, 0.3) is 0 Å². The third-order valence-corrected chi connectivity index (χ3v) is 4.37. The van der Waals surface area contributed by atoms with Crippen LogP contribution in [0.5, 0.6) is 0 Å². The van der Waals surface area contributed by atoms with Gasteiger partial charge in [0, 0.05) is 19.1 Å². The fourth-order valence-electron chi connectivity index (χ4n) is 2.87. The highest BCUT2D eigenvalue weighted by atomic mass is 14.9. The molecule has 3 rings (SSSR count). The van der Waals surface area contributed by atoms with E-state index in [4.69, 9.17) is 1.37 Å². The van der Waals surface area contributed by atoms with Crippen LogP contribution in [0.2, 0.25) is 0 Å². The summed E-state index contributed by atoms with van der Waals surface area (Å²) in [5, 5.41) is 0. The van der Waals surface area contributed by atoms with Gasteiger partial charge in [-0.15, -0.1) is 0 Å². The minimum absolute atomic E-state index is 0.562. The summed E-state index contributed by atoms with van der Waals surface area (Å²) in [6.07, 6.45) is 2.11. The van der Waals surface area contributed by atoms with Gasteiger partial charge in [-0.3, -0.25) is 0 Å². The average Bonchev–Trinajstić information content (AvgIpc) is 2.55.